The van der Waals surface area contributed by atoms with Crippen LogP contribution in [0.15, 0.2) is 103 Å². The minimum Gasteiger partial charge on any atom is -0.748 e. The number of benzene rings is 5. The zero-order valence-electron chi connectivity index (χ0n) is 40.3. The third-order valence-electron chi connectivity index (χ3n) is 13.7. The number of urea groups is 1. The molecule has 0 bridgehead atoms. The van der Waals surface area contributed by atoms with Gasteiger partial charge in [-0.15, -0.1) is 0 Å². The number of carbonyl (C=O) groups is 2. The largest absolute Gasteiger partial charge is 1.00 e. The predicted octanol–water partition coefficient (Wildman–Crippen LogP) is 5.30. The van der Waals surface area contributed by atoms with E-state index >= 15 is 0 Å². The van der Waals surface area contributed by atoms with Crippen LogP contribution in [-0.2, 0) is 20.3 Å². The zero-order chi connectivity index (χ0) is 46.3. The average molecular weight is 972 g/mol. The summed E-state index contributed by atoms with van der Waals surface area (Å²) in [7, 11) is -4.28. The van der Waals surface area contributed by atoms with Gasteiger partial charge in [-0.05, 0) is 139 Å². The Bertz CT molecular complexity index is 2630. The standard InChI is InChI=1S/C55H64N3O6S2.2Na/c1-4-5-26-55(27-8-11-30-66(61,62)63)48-31-38(3)16-24-46(48)47-25-23-42(35-49(47)55)39-19-21-41(22-20-39)44-32-43(40-17-14-37(2)15-18-40)33-45(34-44)64-29-10-9-28-56-52(59)13-7-6-12-51-53-50(36-65-51)57-54(60)58-53;;/h14-25,31-35,50-51,53H,1,4-13,26-30,36H2,2-3H3,(H,56,59)(H2,57,58,60)(H,61,62,63);;/q-1;2*+1/p-1. The average Bonchev–Trinajstić information content (AvgIpc) is 3.95. The molecule has 4 unspecified atom stereocenters. The Balaban J connectivity index is 0.00000381. The molecule has 0 aromatic heterocycles. The minimum atomic E-state index is -4.28. The number of hydrogen-bond donors (Lipinski definition) is 3. The van der Waals surface area contributed by atoms with Crippen molar-refractivity contribution in [3.63, 3.8) is 0 Å². The Morgan fingerprint density at radius 3 is 2.04 bits per heavy atom. The smallest absolute Gasteiger partial charge is 0.748 e. The second-order valence-corrected chi connectivity index (χ2v) is 21.3. The van der Waals surface area contributed by atoms with Gasteiger partial charge in [0.1, 0.15) is 5.75 Å². The van der Waals surface area contributed by atoms with E-state index in [1.807, 2.05) is 11.8 Å². The first kappa shape index (κ1) is 54.2. The van der Waals surface area contributed by atoms with Crippen molar-refractivity contribution in [3.8, 4) is 50.3 Å². The van der Waals surface area contributed by atoms with Crippen LogP contribution >= 0.6 is 11.8 Å². The van der Waals surface area contributed by atoms with Crippen molar-refractivity contribution in [3.05, 3.63) is 132 Å². The van der Waals surface area contributed by atoms with E-state index in [0.29, 0.717) is 37.7 Å². The van der Waals surface area contributed by atoms with Gasteiger partial charge < -0.3 is 32.2 Å². The fourth-order valence-corrected chi connectivity index (χ4v) is 12.3. The molecule has 348 valence electrons. The maximum atomic E-state index is 12.6. The molecule has 1 aliphatic carbocycles. The van der Waals surface area contributed by atoms with E-state index in [-0.39, 0.29) is 94.3 Å². The summed E-state index contributed by atoms with van der Waals surface area (Å²) < 4.78 is 41.0. The monoisotopic (exact) mass is 971 g/mol. The van der Waals surface area contributed by atoms with Gasteiger partial charge in [-0.3, -0.25) is 4.79 Å². The number of nitrogens with one attached hydrogen (secondary N) is 3. The third kappa shape index (κ3) is 13.4. The van der Waals surface area contributed by atoms with Crippen LogP contribution in [0.4, 0.5) is 4.79 Å². The Morgan fingerprint density at radius 1 is 0.735 bits per heavy atom. The van der Waals surface area contributed by atoms with Gasteiger partial charge in [0.2, 0.25) is 5.91 Å². The van der Waals surface area contributed by atoms with Gasteiger partial charge in [0.15, 0.2) is 0 Å². The SMILES string of the molecule is [CH2-]CCCC1(CCCCS(=O)(=O)[O-])c2cc(C)ccc2-c2ccc(-c3ccc(-c4cc(OCCCCNC(=O)CCCCC5SCC6NC(=O)NC65)cc(-c5ccc(C)cc5)c4)cc3)cc21.[Na+].[Na+]. The number of rotatable bonds is 22. The van der Waals surface area contributed by atoms with Crippen LogP contribution in [0.5, 0.6) is 5.75 Å². The van der Waals surface area contributed by atoms with Gasteiger partial charge in [-0.2, -0.15) is 18.2 Å². The van der Waals surface area contributed by atoms with E-state index in [9.17, 15) is 22.6 Å². The Kier molecular flexibility index (Phi) is 19.8. The number of carbonyl (C=O) groups excluding carboxylic acids is 2. The molecule has 68 heavy (non-hydrogen) atoms. The van der Waals surface area contributed by atoms with Crippen LogP contribution in [0.2, 0.25) is 0 Å². The molecule has 5 aromatic carbocycles. The number of amides is 3. The zero-order valence-corrected chi connectivity index (χ0v) is 46.0. The normalized spacial score (nSPS) is 18.9. The Hall–Kier alpha value is -3.10. The molecule has 5 aromatic rings. The molecule has 2 saturated heterocycles. The van der Waals surface area contributed by atoms with Gasteiger partial charge in [0, 0.05) is 35.1 Å². The molecule has 2 fully saturated rings. The molecule has 2 aliphatic heterocycles. The number of unbranched alkanes of at least 4 members (excludes halogenated alkanes) is 4. The third-order valence-corrected chi connectivity index (χ3v) is 16.0. The van der Waals surface area contributed by atoms with Gasteiger partial charge in [0.05, 0.1) is 28.8 Å². The van der Waals surface area contributed by atoms with Gasteiger partial charge in [-0.1, -0.05) is 109 Å². The van der Waals surface area contributed by atoms with Crippen molar-refractivity contribution in [2.45, 2.75) is 114 Å². The van der Waals surface area contributed by atoms with Gasteiger partial charge in [0.25, 0.3) is 0 Å². The van der Waals surface area contributed by atoms with Crippen LogP contribution in [-0.4, -0.2) is 66.9 Å². The van der Waals surface area contributed by atoms with Crippen molar-refractivity contribution in [2.75, 3.05) is 24.7 Å². The molecule has 9 nitrogen and oxygen atoms in total. The molecular weight excluding hydrogens is 909 g/mol. The summed E-state index contributed by atoms with van der Waals surface area (Å²) in [4.78, 5) is 24.2. The molecule has 3 amide bonds. The summed E-state index contributed by atoms with van der Waals surface area (Å²) in [5, 5.41) is 9.53. The molecule has 3 aliphatic rings. The predicted molar refractivity (Wildman–Crippen MR) is 268 cm³/mol. The second kappa shape index (κ2) is 24.8. The molecule has 8 rings (SSSR count). The van der Waals surface area contributed by atoms with Crippen LogP contribution in [0.25, 0.3) is 44.5 Å². The Labute approximate surface area is 452 Å². The van der Waals surface area contributed by atoms with Crippen molar-refractivity contribution >= 4 is 33.8 Å². The molecule has 4 atom stereocenters. The first-order valence-electron chi connectivity index (χ1n) is 23.8. The van der Waals surface area contributed by atoms with E-state index in [1.54, 1.807) is 0 Å². The van der Waals surface area contributed by atoms with E-state index < -0.39 is 10.1 Å². The summed E-state index contributed by atoms with van der Waals surface area (Å²) in [5.41, 5.74) is 13.7. The molecule has 0 saturated carbocycles. The molecule has 13 heteroatoms. The second-order valence-electron chi connectivity index (χ2n) is 18.5. The first-order chi connectivity index (χ1) is 31.9. The van der Waals surface area contributed by atoms with E-state index in [1.165, 1.54) is 33.4 Å². The quantitative estimate of drug-likeness (QED) is 0.0282. The number of hydrogen-bond acceptors (Lipinski definition) is 7. The van der Waals surface area contributed by atoms with Gasteiger partial charge in [-0.25, -0.2) is 13.2 Å². The van der Waals surface area contributed by atoms with E-state index in [2.05, 4.69) is 140 Å². The summed E-state index contributed by atoms with van der Waals surface area (Å²) in [6.45, 7) is 9.54. The summed E-state index contributed by atoms with van der Waals surface area (Å²) >= 11 is 1.91. The maximum Gasteiger partial charge on any atom is 1.00 e. The van der Waals surface area contributed by atoms with Crippen LogP contribution in [0.1, 0.15) is 99.3 Å². The molecule has 2 heterocycles. The molecule has 0 spiro atoms. The summed E-state index contributed by atoms with van der Waals surface area (Å²) in [6.07, 6.45) is 9.36. The number of thioether (sulfide) groups is 1. The van der Waals surface area contributed by atoms with Crippen LogP contribution < -0.4 is 79.8 Å². The number of ether oxygens (including phenoxy) is 1. The van der Waals surface area contributed by atoms with Gasteiger partial charge >= 0.3 is 65.1 Å². The van der Waals surface area contributed by atoms with Crippen molar-refractivity contribution in [1.29, 1.82) is 0 Å². The summed E-state index contributed by atoms with van der Waals surface area (Å²) in [5.74, 6) is 1.50. The van der Waals surface area contributed by atoms with Crippen LogP contribution in [0.3, 0.4) is 0 Å². The Morgan fingerprint density at radius 2 is 1.35 bits per heavy atom. The topological polar surface area (TPSA) is 137 Å². The fraction of sp³-hybridized carbons (Fsp3) is 0.400. The number of aryl methyl sites for hydroxylation is 2. The van der Waals surface area contributed by atoms with Crippen molar-refractivity contribution < 1.29 is 86.4 Å². The minimum absolute atomic E-state index is 0. The van der Waals surface area contributed by atoms with Crippen molar-refractivity contribution in [1.82, 2.24) is 16.0 Å². The van der Waals surface area contributed by atoms with E-state index in [4.69, 9.17) is 4.74 Å². The van der Waals surface area contributed by atoms with Crippen LogP contribution in [0, 0.1) is 20.8 Å². The van der Waals surface area contributed by atoms with E-state index in [0.717, 1.165) is 103 Å². The van der Waals surface area contributed by atoms with Crippen molar-refractivity contribution in [2.24, 2.45) is 0 Å². The molecule has 3 N–H and O–H groups in total. The molecular formula is C55H63N3Na2O6S2. The number of fused-ring (bicyclic) bond motifs is 4. The summed E-state index contributed by atoms with van der Waals surface area (Å²) in [6, 6.07) is 37.6. The fourth-order valence-electron chi connectivity index (χ4n) is 10.2. The first-order valence-corrected chi connectivity index (χ1v) is 26.4. The maximum absolute atomic E-state index is 12.6. The molecule has 0 radical (unpaired) electrons.